The second kappa shape index (κ2) is 7.65. The molecule has 140 valence electrons. The summed E-state index contributed by atoms with van der Waals surface area (Å²) in [5, 5.41) is 9.80. The topological polar surface area (TPSA) is 59.0 Å². The Morgan fingerprint density at radius 1 is 1.48 bits per heavy atom. The Morgan fingerprint density at radius 3 is 2.84 bits per heavy atom. The van der Waals surface area contributed by atoms with Gasteiger partial charge in [-0.15, -0.1) is 11.3 Å². The van der Waals surface area contributed by atoms with Gasteiger partial charge in [0, 0.05) is 35.8 Å². The summed E-state index contributed by atoms with van der Waals surface area (Å²) >= 11 is 1.45. The number of nitrogens with zero attached hydrogens (tertiary/aromatic N) is 1. The molecule has 1 unspecified atom stereocenters. The van der Waals surface area contributed by atoms with Gasteiger partial charge in [0.05, 0.1) is 13.7 Å². The van der Waals surface area contributed by atoms with E-state index in [1.807, 2.05) is 11.0 Å². The minimum atomic E-state index is -2.33. The molecular weight excluding hydrogens is 352 g/mol. The molecule has 1 saturated heterocycles. The van der Waals surface area contributed by atoms with Gasteiger partial charge >= 0.3 is 5.97 Å². The summed E-state index contributed by atoms with van der Waals surface area (Å²) in [7, 11) is 1.25. The van der Waals surface area contributed by atoms with E-state index < -0.39 is 24.1 Å². The molecule has 1 aromatic heterocycles. The van der Waals surface area contributed by atoms with Crippen LogP contribution < -0.4 is 0 Å². The molecule has 1 fully saturated rings. The van der Waals surface area contributed by atoms with Crippen molar-refractivity contribution in [3.63, 3.8) is 0 Å². The van der Waals surface area contributed by atoms with Crippen LogP contribution in [0.15, 0.2) is 6.07 Å². The summed E-state index contributed by atoms with van der Waals surface area (Å²) < 4.78 is 36.0. The van der Waals surface area contributed by atoms with Crippen LogP contribution >= 0.6 is 11.3 Å². The summed E-state index contributed by atoms with van der Waals surface area (Å²) in [6.07, 6.45) is -1.47. The number of halogens is 2. The highest BCUT2D eigenvalue weighted by atomic mass is 32.1. The van der Waals surface area contributed by atoms with Crippen LogP contribution in [0.25, 0.3) is 0 Å². The van der Waals surface area contributed by atoms with Crippen LogP contribution in [0.4, 0.5) is 8.78 Å². The highest BCUT2D eigenvalue weighted by Gasteiger charge is 2.42. The minimum Gasteiger partial charge on any atom is -0.467 e. The number of thiophene rings is 1. The number of aliphatic hydroxyl groups is 1. The van der Waals surface area contributed by atoms with E-state index in [0.29, 0.717) is 24.6 Å². The van der Waals surface area contributed by atoms with Crippen LogP contribution in [0.3, 0.4) is 0 Å². The van der Waals surface area contributed by atoms with E-state index in [9.17, 15) is 18.7 Å². The Labute approximate surface area is 149 Å². The standard InChI is InChI=1S/C17H23F2NO4S/c1-23-16(22)13(21)10-20-5-3-17(4-6-20)15-11(2-7-24-17)8-12(25-15)9-14(18)19/h8,13-14,21H,2-7,9-10H2,1H3. The highest BCUT2D eigenvalue weighted by molar-refractivity contribution is 7.12. The minimum absolute atomic E-state index is 0.203. The van der Waals surface area contributed by atoms with Crippen molar-refractivity contribution in [1.82, 2.24) is 4.90 Å². The maximum Gasteiger partial charge on any atom is 0.336 e. The van der Waals surface area contributed by atoms with Crippen LogP contribution in [0.2, 0.25) is 0 Å². The fourth-order valence-corrected chi connectivity index (χ4v) is 5.07. The quantitative estimate of drug-likeness (QED) is 0.798. The number of β-amino-alcohol motifs (C(OH)–C–C–N with tert-alkyl or cyclic N) is 1. The molecule has 3 rings (SSSR count). The zero-order valence-electron chi connectivity index (χ0n) is 14.2. The lowest BCUT2D eigenvalue weighted by Gasteiger charge is -2.44. The van der Waals surface area contributed by atoms with Gasteiger partial charge in [-0.25, -0.2) is 13.6 Å². The maximum absolute atomic E-state index is 12.7. The average molecular weight is 375 g/mol. The summed E-state index contributed by atoms with van der Waals surface area (Å²) in [4.78, 5) is 15.2. The molecule has 0 amide bonds. The number of aliphatic hydroxyl groups excluding tert-OH is 1. The molecule has 8 heteroatoms. The molecule has 25 heavy (non-hydrogen) atoms. The Bertz CT molecular complexity index is 614. The number of esters is 1. The molecule has 0 aromatic carbocycles. The van der Waals surface area contributed by atoms with Gasteiger partial charge in [-0.05, 0) is 30.9 Å². The molecule has 0 radical (unpaired) electrons. The molecular formula is C17H23F2NO4S. The lowest BCUT2D eigenvalue weighted by atomic mass is 9.85. The van der Waals surface area contributed by atoms with Gasteiger partial charge in [-0.3, -0.25) is 4.90 Å². The second-order valence-electron chi connectivity index (χ2n) is 6.59. The molecule has 3 heterocycles. The molecule has 1 atom stereocenters. The third-order valence-corrected chi connectivity index (χ3v) is 6.33. The summed E-state index contributed by atoms with van der Waals surface area (Å²) in [6.45, 7) is 2.18. The van der Waals surface area contributed by atoms with Gasteiger partial charge in [-0.2, -0.15) is 0 Å². The van der Waals surface area contributed by atoms with Crippen molar-refractivity contribution in [2.45, 2.75) is 43.8 Å². The van der Waals surface area contributed by atoms with Crippen molar-refractivity contribution in [2.75, 3.05) is 33.4 Å². The van der Waals surface area contributed by atoms with Crippen LogP contribution in [-0.2, 0) is 32.7 Å². The molecule has 1 aromatic rings. The fourth-order valence-electron chi connectivity index (χ4n) is 3.66. The predicted molar refractivity (Wildman–Crippen MR) is 89.1 cm³/mol. The Balaban J connectivity index is 1.67. The summed E-state index contributed by atoms with van der Waals surface area (Å²) in [5.74, 6) is -0.633. The number of hydrogen-bond acceptors (Lipinski definition) is 6. The third kappa shape index (κ3) is 4.02. The first-order valence-corrected chi connectivity index (χ1v) is 9.27. The van der Waals surface area contributed by atoms with Crippen LogP contribution in [0, 0.1) is 0 Å². The van der Waals surface area contributed by atoms with Crippen LogP contribution in [-0.4, -0.2) is 61.9 Å². The highest BCUT2D eigenvalue weighted by Crippen LogP contribution is 2.45. The molecule has 1 N–H and O–H groups in total. The second-order valence-corrected chi connectivity index (χ2v) is 7.73. The lowest BCUT2D eigenvalue weighted by molar-refractivity contribution is -0.152. The van der Waals surface area contributed by atoms with Gasteiger partial charge in [0.25, 0.3) is 0 Å². The van der Waals surface area contributed by atoms with Gasteiger partial charge in [0.2, 0.25) is 6.43 Å². The molecule has 0 saturated carbocycles. The number of carbonyl (C=O) groups is 1. The van der Waals surface area contributed by atoms with Crippen LogP contribution in [0.5, 0.6) is 0 Å². The van der Waals surface area contributed by atoms with E-state index in [0.717, 1.165) is 29.7 Å². The summed E-state index contributed by atoms with van der Waals surface area (Å²) in [6, 6.07) is 1.91. The first-order chi connectivity index (χ1) is 11.9. The Morgan fingerprint density at radius 2 is 2.20 bits per heavy atom. The van der Waals surface area contributed by atoms with Crippen molar-refractivity contribution in [2.24, 2.45) is 0 Å². The van der Waals surface area contributed by atoms with Crippen molar-refractivity contribution >= 4 is 17.3 Å². The zero-order chi connectivity index (χ0) is 18.0. The van der Waals surface area contributed by atoms with Gasteiger partial charge in [0.15, 0.2) is 6.10 Å². The van der Waals surface area contributed by atoms with Crippen LogP contribution in [0.1, 0.15) is 28.2 Å². The van der Waals surface area contributed by atoms with Crippen molar-refractivity contribution < 1.29 is 28.2 Å². The van der Waals surface area contributed by atoms with Gasteiger partial charge in [-0.1, -0.05) is 0 Å². The Kier molecular flexibility index (Phi) is 5.72. The lowest BCUT2D eigenvalue weighted by Crippen LogP contribution is -2.48. The maximum atomic E-state index is 12.7. The SMILES string of the molecule is COC(=O)C(O)CN1CCC2(CC1)OCCc1cc(CC(F)F)sc12. The predicted octanol–water partition coefficient (Wildman–Crippen LogP) is 1.95. The Hall–Kier alpha value is -1.09. The number of ether oxygens (including phenoxy) is 2. The third-order valence-electron chi connectivity index (χ3n) is 4.95. The first kappa shape index (κ1) is 18.7. The number of rotatable bonds is 5. The van der Waals surface area contributed by atoms with E-state index in [2.05, 4.69) is 4.74 Å². The van der Waals surface area contributed by atoms with E-state index in [4.69, 9.17) is 4.74 Å². The van der Waals surface area contributed by atoms with Crippen molar-refractivity contribution in [3.05, 3.63) is 21.4 Å². The number of hydrogen-bond donors (Lipinski definition) is 1. The molecule has 2 aliphatic rings. The van der Waals surface area contributed by atoms with Gasteiger partial charge < -0.3 is 14.6 Å². The number of piperidine rings is 1. The first-order valence-electron chi connectivity index (χ1n) is 8.46. The number of alkyl halides is 2. The fraction of sp³-hybridized carbons (Fsp3) is 0.706. The average Bonchev–Trinajstić information content (AvgIpc) is 2.99. The van der Waals surface area contributed by atoms with Crippen molar-refractivity contribution in [1.29, 1.82) is 0 Å². The summed E-state index contributed by atoms with van der Waals surface area (Å²) in [5.41, 5.74) is 0.723. The normalized spacial score (nSPS) is 21.3. The molecule has 5 nitrogen and oxygen atoms in total. The van der Waals surface area contributed by atoms with E-state index in [1.165, 1.54) is 18.4 Å². The number of likely N-dealkylation sites (tertiary alicyclic amines) is 1. The number of carbonyl (C=O) groups excluding carboxylic acids is 1. The van der Waals surface area contributed by atoms with E-state index in [-0.39, 0.29) is 13.0 Å². The molecule has 0 bridgehead atoms. The monoisotopic (exact) mass is 375 g/mol. The largest absolute Gasteiger partial charge is 0.467 e. The molecule has 1 spiro atoms. The van der Waals surface area contributed by atoms with E-state index in [1.54, 1.807) is 0 Å². The van der Waals surface area contributed by atoms with Crippen molar-refractivity contribution in [3.8, 4) is 0 Å². The number of fused-ring (bicyclic) bond motifs is 2. The van der Waals surface area contributed by atoms with E-state index >= 15 is 0 Å². The molecule has 2 aliphatic heterocycles. The molecule has 0 aliphatic carbocycles. The van der Waals surface area contributed by atoms with Gasteiger partial charge in [0.1, 0.15) is 5.60 Å². The smallest absolute Gasteiger partial charge is 0.336 e. The number of methoxy groups -OCH3 is 1. The zero-order valence-corrected chi connectivity index (χ0v) is 15.0.